The summed E-state index contributed by atoms with van der Waals surface area (Å²) in [4.78, 5) is 0. The normalized spacial score (nSPS) is 10.5. The molecule has 1 rings (SSSR count). The fourth-order valence-electron chi connectivity index (χ4n) is 0.929. The molecule has 1 heteroatoms. The molecule has 0 aliphatic rings. The van der Waals surface area contributed by atoms with Crippen LogP contribution in [0.5, 0.6) is 0 Å². The average molecular weight is 178 g/mol. The molecule has 0 radical (unpaired) electrons. The maximum atomic E-state index is 2.30. The lowest BCUT2D eigenvalue weighted by molar-refractivity contribution is 1.37. The summed E-state index contributed by atoms with van der Waals surface area (Å²) < 4.78 is 0. The first-order valence-corrected chi connectivity index (χ1v) is 5.42. The van der Waals surface area contributed by atoms with Crippen LogP contribution in [0.15, 0.2) is 42.0 Å². The quantitative estimate of drug-likeness (QED) is 0.493. The molecule has 0 nitrogen and oxygen atoms in total. The van der Waals surface area contributed by atoms with E-state index >= 15 is 0 Å². The monoisotopic (exact) mass is 178 g/mol. The summed E-state index contributed by atoms with van der Waals surface area (Å²) in [5.74, 6) is 0. The third kappa shape index (κ3) is 3.69. The molecule has 1 unspecified atom stereocenters. The molecule has 0 bridgehead atoms. The summed E-state index contributed by atoms with van der Waals surface area (Å²) in [5.41, 5.74) is 1.42. The van der Waals surface area contributed by atoms with Crippen LogP contribution in [0.25, 0.3) is 0 Å². The van der Waals surface area contributed by atoms with Crippen molar-refractivity contribution in [1.82, 2.24) is 0 Å². The third-order valence-corrected chi connectivity index (χ3v) is 2.74. The summed E-state index contributed by atoms with van der Waals surface area (Å²) in [6.45, 7) is 4.30. The molecule has 1 aromatic rings. The number of benzene rings is 1. The molecular weight excluding hydrogens is 163 g/mol. The first kappa shape index (κ1) is 9.48. The molecule has 0 aliphatic carbocycles. The van der Waals surface area contributed by atoms with Gasteiger partial charge in [-0.3, -0.25) is 0 Å². The van der Waals surface area contributed by atoms with E-state index < -0.39 is 0 Å². The number of allylic oxidation sites excluding steroid dienone is 2. The zero-order chi connectivity index (χ0) is 8.81. The summed E-state index contributed by atoms with van der Waals surface area (Å²) in [5, 5.41) is 1.45. The van der Waals surface area contributed by atoms with Crippen molar-refractivity contribution in [3.63, 3.8) is 0 Å². The molecule has 0 aromatic heterocycles. The molecule has 0 saturated carbocycles. The number of rotatable bonds is 3. The minimum absolute atomic E-state index is 0.921. The maximum absolute atomic E-state index is 2.30. The molecule has 0 fully saturated rings. The van der Waals surface area contributed by atoms with Gasteiger partial charge in [-0.25, -0.2) is 0 Å². The largest absolute Gasteiger partial charge is 0.0865 e. The van der Waals surface area contributed by atoms with E-state index in [4.69, 9.17) is 0 Å². The van der Waals surface area contributed by atoms with Crippen molar-refractivity contribution in [3.05, 3.63) is 42.0 Å². The van der Waals surface area contributed by atoms with Gasteiger partial charge >= 0.3 is 0 Å². The molecule has 0 spiro atoms. The van der Waals surface area contributed by atoms with Crippen LogP contribution in [0.1, 0.15) is 13.8 Å². The molecule has 1 atom stereocenters. The highest BCUT2D eigenvalue weighted by Crippen LogP contribution is 2.10. The Morgan fingerprint density at radius 1 is 1.25 bits per heavy atom. The molecule has 0 saturated heterocycles. The third-order valence-electron chi connectivity index (χ3n) is 1.59. The molecule has 1 aromatic carbocycles. The highest BCUT2D eigenvalue weighted by atomic mass is 31.1. The van der Waals surface area contributed by atoms with E-state index in [1.807, 2.05) is 0 Å². The number of hydrogen-bond acceptors (Lipinski definition) is 0. The minimum atomic E-state index is 0.921. The van der Waals surface area contributed by atoms with Gasteiger partial charge in [-0.05, 0) is 25.3 Å². The maximum Gasteiger partial charge on any atom is -0.0129 e. The van der Waals surface area contributed by atoms with Crippen molar-refractivity contribution in [3.8, 4) is 0 Å². The van der Waals surface area contributed by atoms with Gasteiger partial charge in [-0.2, -0.15) is 0 Å². The van der Waals surface area contributed by atoms with Crippen LogP contribution < -0.4 is 5.30 Å². The Labute approximate surface area is 76.5 Å². The van der Waals surface area contributed by atoms with E-state index in [9.17, 15) is 0 Å². The first-order valence-electron chi connectivity index (χ1n) is 4.21. The average Bonchev–Trinajstić information content (AvgIpc) is 2.05. The summed E-state index contributed by atoms with van der Waals surface area (Å²) >= 11 is 0. The summed E-state index contributed by atoms with van der Waals surface area (Å²) in [7, 11) is 0.921. The van der Waals surface area contributed by atoms with Crippen LogP contribution >= 0.6 is 8.58 Å². The molecular formula is C11H15P. The lowest BCUT2D eigenvalue weighted by Crippen LogP contribution is -1.91. The molecule has 0 N–H and O–H groups in total. The van der Waals surface area contributed by atoms with Crippen molar-refractivity contribution in [2.75, 3.05) is 6.16 Å². The Hall–Kier alpha value is -0.610. The Balaban J connectivity index is 2.39. The highest BCUT2D eigenvalue weighted by Gasteiger charge is 1.87. The van der Waals surface area contributed by atoms with Crippen molar-refractivity contribution in [2.24, 2.45) is 0 Å². The van der Waals surface area contributed by atoms with Gasteiger partial charge in [-0.15, -0.1) is 0 Å². The van der Waals surface area contributed by atoms with Crippen LogP contribution in [0.3, 0.4) is 0 Å². The minimum Gasteiger partial charge on any atom is -0.0865 e. The van der Waals surface area contributed by atoms with Gasteiger partial charge in [0.15, 0.2) is 0 Å². The zero-order valence-electron chi connectivity index (χ0n) is 7.67. The van der Waals surface area contributed by atoms with Crippen molar-refractivity contribution in [1.29, 1.82) is 0 Å². The molecule has 0 heterocycles. The fourth-order valence-corrected chi connectivity index (χ4v) is 2.10. The van der Waals surface area contributed by atoms with E-state index in [1.165, 1.54) is 17.0 Å². The Kier molecular flexibility index (Phi) is 4.04. The van der Waals surface area contributed by atoms with Gasteiger partial charge in [-0.1, -0.05) is 50.6 Å². The topological polar surface area (TPSA) is 0 Å². The second-order valence-corrected chi connectivity index (χ2v) is 4.37. The molecule has 0 aliphatic heterocycles. The predicted octanol–water partition coefficient (Wildman–Crippen LogP) is 2.96. The smallest absolute Gasteiger partial charge is 0.0129 e. The standard InChI is InChI=1S/C11H15P/c1-10(2)8-9-12-11-6-4-3-5-7-11/h3-8,12H,9H2,1-2H3. The zero-order valence-corrected chi connectivity index (χ0v) is 8.67. The SMILES string of the molecule is CC(C)=CCPc1ccccc1. The fraction of sp³-hybridized carbons (Fsp3) is 0.273. The van der Waals surface area contributed by atoms with Crippen LogP contribution in [0.4, 0.5) is 0 Å². The lowest BCUT2D eigenvalue weighted by Gasteiger charge is -1.97. The van der Waals surface area contributed by atoms with Gasteiger partial charge in [0.25, 0.3) is 0 Å². The van der Waals surface area contributed by atoms with Crippen molar-refractivity contribution >= 4 is 13.9 Å². The lowest BCUT2D eigenvalue weighted by atomic mass is 10.3. The van der Waals surface area contributed by atoms with Gasteiger partial charge < -0.3 is 0 Å². The van der Waals surface area contributed by atoms with Crippen LogP contribution in [-0.4, -0.2) is 6.16 Å². The van der Waals surface area contributed by atoms with Gasteiger partial charge in [0, 0.05) is 0 Å². The van der Waals surface area contributed by atoms with Crippen molar-refractivity contribution < 1.29 is 0 Å². The molecule has 0 amide bonds. The van der Waals surface area contributed by atoms with Crippen LogP contribution in [0.2, 0.25) is 0 Å². The van der Waals surface area contributed by atoms with E-state index in [0.717, 1.165) is 8.58 Å². The summed E-state index contributed by atoms with van der Waals surface area (Å²) in [6.07, 6.45) is 3.48. The van der Waals surface area contributed by atoms with Crippen LogP contribution in [0, 0.1) is 0 Å². The van der Waals surface area contributed by atoms with Gasteiger partial charge in [0.1, 0.15) is 0 Å². The predicted molar refractivity (Wildman–Crippen MR) is 58.7 cm³/mol. The number of hydrogen-bond donors (Lipinski definition) is 0. The second kappa shape index (κ2) is 5.11. The molecule has 64 valence electrons. The van der Waals surface area contributed by atoms with E-state index in [1.54, 1.807) is 0 Å². The Morgan fingerprint density at radius 3 is 2.50 bits per heavy atom. The highest BCUT2D eigenvalue weighted by molar-refractivity contribution is 7.47. The first-order chi connectivity index (χ1) is 5.79. The van der Waals surface area contributed by atoms with E-state index in [0.29, 0.717) is 0 Å². The van der Waals surface area contributed by atoms with Crippen LogP contribution in [-0.2, 0) is 0 Å². The van der Waals surface area contributed by atoms with Gasteiger partial charge in [0.05, 0.1) is 0 Å². The summed E-state index contributed by atoms with van der Waals surface area (Å²) in [6, 6.07) is 10.7. The Morgan fingerprint density at radius 2 is 1.92 bits per heavy atom. The van der Waals surface area contributed by atoms with Crippen molar-refractivity contribution in [2.45, 2.75) is 13.8 Å². The van der Waals surface area contributed by atoms with E-state index in [-0.39, 0.29) is 0 Å². The molecule has 12 heavy (non-hydrogen) atoms. The van der Waals surface area contributed by atoms with E-state index in [2.05, 4.69) is 50.3 Å². The Bertz CT molecular complexity index is 245. The second-order valence-electron chi connectivity index (χ2n) is 3.03. The van der Waals surface area contributed by atoms with Gasteiger partial charge in [0.2, 0.25) is 0 Å².